The normalized spacial score (nSPS) is 14.9. The summed E-state index contributed by atoms with van der Waals surface area (Å²) >= 11 is 0. The molecule has 2 heterocycles. The van der Waals surface area contributed by atoms with Crippen LogP contribution < -0.4 is 15.7 Å². The van der Waals surface area contributed by atoms with E-state index in [-0.39, 0.29) is 11.7 Å². The summed E-state index contributed by atoms with van der Waals surface area (Å²) in [6, 6.07) is 13.2. The highest BCUT2D eigenvalue weighted by molar-refractivity contribution is 6.05. The highest BCUT2D eigenvalue weighted by Crippen LogP contribution is 2.30. The standard InChI is InChI=1S/C28H34N2O4/c1-4-8-23-25(33-19(3)5-2)14-11-21-17-24(28(32)34-26(21)23)27(31)29-22-12-9-20(10-13-22)18-30-15-6-7-16-30/h9-14,17,19H,4-8,15-16,18H2,1-3H3,(H,29,31)/t19-/m1/s1. The van der Waals surface area contributed by atoms with E-state index in [9.17, 15) is 9.59 Å². The fourth-order valence-electron chi connectivity index (χ4n) is 4.37. The number of fused-ring (bicyclic) bond motifs is 1. The van der Waals surface area contributed by atoms with Crippen LogP contribution in [0.15, 0.2) is 51.7 Å². The van der Waals surface area contributed by atoms with E-state index in [4.69, 9.17) is 9.15 Å². The summed E-state index contributed by atoms with van der Waals surface area (Å²) in [6.45, 7) is 9.36. The third-order valence-corrected chi connectivity index (χ3v) is 6.43. The Labute approximate surface area is 200 Å². The van der Waals surface area contributed by atoms with Crippen LogP contribution in [0.5, 0.6) is 5.75 Å². The number of carbonyl (C=O) groups is 1. The SMILES string of the molecule is CCCc1c(O[C@H](C)CC)ccc2cc(C(=O)Nc3ccc(CN4CCCC4)cc3)c(=O)oc12. The highest BCUT2D eigenvalue weighted by atomic mass is 16.5. The summed E-state index contributed by atoms with van der Waals surface area (Å²) < 4.78 is 11.7. The number of rotatable bonds is 9. The van der Waals surface area contributed by atoms with Crippen LogP contribution in [0.3, 0.4) is 0 Å². The monoisotopic (exact) mass is 462 g/mol. The number of ether oxygens (including phenoxy) is 1. The minimum atomic E-state index is -0.645. The van der Waals surface area contributed by atoms with Gasteiger partial charge in [0.25, 0.3) is 5.91 Å². The lowest BCUT2D eigenvalue weighted by Gasteiger charge is -2.17. The van der Waals surface area contributed by atoms with Crippen LogP contribution in [0.1, 0.15) is 67.9 Å². The molecule has 6 nitrogen and oxygen atoms in total. The maximum absolute atomic E-state index is 12.9. The zero-order valence-electron chi connectivity index (χ0n) is 20.4. The minimum Gasteiger partial charge on any atom is -0.490 e. The Balaban J connectivity index is 1.55. The molecule has 3 aromatic rings. The Morgan fingerprint density at radius 3 is 2.53 bits per heavy atom. The molecule has 1 amide bonds. The molecule has 4 rings (SSSR count). The van der Waals surface area contributed by atoms with Crippen molar-refractivity contribution in [3.05, 3.63) is 69.6 Å². The Morgan fingerprint density at radius 1 is 1.12 bits per heavy atom. The van der Waals surface area contributed by atoms with Gasteiger partial charge in [0.1, 0.15) is 16.9 Å². The number of hydrogen-bond donors (Lipinski definition) is 1. The van der Waals surface area contributed by atoms with Gasteiger partial charge in [-0.2, -0.15) is 0 Å². The molecule has 1 saturated heterocycles. The van der Waals surface area contributed by atoms with Gasteiger partial charge in [-0.1, -0.05) is 32.4 Å². The first-order valence-electron chi connectivity index (χ1n) is 12.4. The number of anilines is 1. The van der Waals surface area contributed by atoms with Crippen LogP contribution in [0, 0.1) is 0 Å². The van der Waals surface area contributed by atoms with E-state index in [0.717, 1.165) is 50.2 Å². The molecule has 1 aliphatic heterocycles. The van der Waals surface area contributed by atoms with Crippen LogP contribution in [-0.2, 0) is 13.0 Å². The number of hydrogen-bond acceptors (Lipinski definition) is 5. The maximum Gasteiger partial charge on any atom is 0.349 e. The van der Waals surface area contributed by atoms with Gasteiger partial charge in [0.05, 0.1) is 6.10 Å². The molecule has 180 valence electrons. The van der Waals surface area contributed by atoms with Gasteiger partial charge in [-0.15, -0.1) is 0 Å². The Bertz CT molecular complexity index is 1190. The maximum atomic E-state index is 12.9. The predicted molar refractivity (Wildman–Crippen MR) is 136 cm³/mol. The average molecular weight is 463 g/mol. The summed E-state index contributed by atoms with van der Waals surface area (Å²) in [5, 5.41) is 3.55. The predicted octanol–water partition coefficient (Wildman–Crippen LogP) is 5.77. The molecular weight excluding hydrogens is 428 g/mol. The Morgan fingerprint density at radius 2 is 1.85 bits per heavy atom. The number of aryl methyl sites for hydroxylation is 1. The third-order valence-electron chi connectivity index (χ3n) is 6.43. The van der Waals surface area contributed by atoms with Gasteiger partial charge in [0, 0.05) is 23.2 Å². The van der Waals surface area contributed by atoms with E-state index in [0.29, 0.717) is 16.7 Å². The number of carbonyl (C=O) groups excluding carboxylic acids is 1. The summed E-state index contributed by atoms with van der Waals surface area (Å²) in [4.78, 5) is 28.1. The third kappa shape index (κ3) is 5.50. The van der Waals surface area contributed by atoms with Crippen molar-refractivity contribution < 1.29 is 13.9 Å². The van der Waals surface area contributed by atoms with Crippen molar-refractivity contribution in [1.82, 2.24) is 4.90 Å². The van der Waals surface area contributed by atoms with Crippen molar-refractivity contribution in [2.24, 2.45) is 0 Å². The lowest BCUT2D eigenvalue weighted by Crippen LogP contribution is -2.21. The van der Waals surface area contributed by atoms with Gasteiger partial charge >= 0.3 is 5.63 Å². The second-order valence-corrected chi connectivity index (χ2v) is 9.13. The van der Waals surface area contributed by atoms with Crippen molar-refractivity contribution in [3.8, 4) is 5.75 Å². The molecule has 0 unspecified atom stereocenters. The lowest BCUT2D eigenvalue weighted by molar-refractivity contribution is 0.102. The lowest BCUT2D eigenvalue weighted by atomic mass is 10.0. The molecule has 1 fully saturated rings. The second-order valence-electron chi connectivity index (χ2n) is 9.13. The largest absolute Gasteiger partial charge is 0.490 e. The number of nitrogens with one attached hydrogen (secondary N) is 1. The van der Waals surface area contributed by atoms with Gasteiger partial charge in [0.15, 0.2) is 0 Å². The van der Waals surface area contributed by atoms with E-state index in [1.807, 2.05) is 43.3 Å². The zero-order chi connectivity index (χ0) is 24.1. The van der Waals surface area contributed by atoms with E-state index < -0.39 is 11.5 Å². The second kappa shape index (κ2) is 10.9. The fraction of sp³-hybridized carbons (Fsp3) is 0.429. The van der Waals surface area contributed by atoms with E-state index in [1.165, 1.54) is 18.4 Å². The quantitative estimate of drug-likeness (QED) is 0.409. The average Bonchev–Trinajstić information content (AvgIpc) is 3.34. The van der Waals surface area contributed by atoms with Crippen molar-refractivity contribution >= 4 is 22.6 Å². The molecule has 1 aromatic heterocycles. The molecular formula is C28H34N2O4. The minimum absolute atomic E-state index is 0.00770. The molecule has 1 N–H and O–H groups in total. The highest BCUT2D eigenvalue weighted by Gasteiger charge is 2.19. The van der Waals surface area contributed by atoms with Crippen LogP contribution in [0.25, 0.3) is 11.0 Å². The smallest absolute Gasteiger partial charge is 0.349 e. The first kappa shape index (κ1) is 24.0. The number of benzene rings is 2. The number of likely N-dealkylation sites (tertiary alicyclic amines) is 1. The molecule has 0 aliphatic carbocycles. The first-order chi connectivity index (χ1) is 16.5. The van der Waals surface area contributed by atoms with Gasteiger partial charge in [-0.25, -0.2) is 4.79 Å². The summed E-state index contributed by atoms with van der Waals surface area (Å²) in [5.74, 6) is 0.262. The van der Waals surface area contributed by atoms with Gasteiger partial charge in [0.2, 0.25) is 0 Å². The van der Waals surface area contributed by atoms with E-state index in [2.05, 4.69) is 24.1 Å². The fourth-order valence-corrected chi connectivity index (χ4v) is 4.37. The Kier molecular flexibility index (Phi) is 7.68. The van der Waals surface area contributed by atoms with E-state index >= 15 is 0 Å². The zero-order valence-corrected chi connectivity index (χ0v) is 20.4. The van der Waals surface area contributed by atoms with Crippen LogP contribution >= 0.6 is 0 Å². The first-order valence-corrected chi connectivity index (χ1v) is 12.4. The van der Waals surface area contributed by atoms with Crippen molar-refractivity contribution in [2.75, 3.05) is 18.4 Å². The van der Waals surface area contributed by atoms with Gasteiger partial charge < -0.3 is 14.5 Å². The summed E-state index contributed by atoms with van der Waals surface area (Å²) in [6.07, 6.45) is 5.07. The molecule has 1 atom stereocenters. The summed E-state index contributed by atoms with van der Waals surface area (Å²) in [7, 11) is 0. The number of amides is 1. The van der Waals surface area contributed by atoms with Crippen LogP contribution in [-0.4, -0.2) is 30.0 Å². The molecule has 1 aliphatic rings. The molecule has 0 radical (unpaired) electrons. The topological polar surface area (TPSA) is 71.8 Å². The molecule has 0 bridgehead atoms. The van der Waals surface area contributed by atoms with E-state index in [1.54, 1.807) is 6.07 Å². The van der Waals surface area contributed by atoms with Crippen molar-refractivity contribution in [3.63, 3.8) is 0 Å². The molecule has 0 saturated carbocycles. The molecule has 2 aromatic carbocycles. The van der Waals surface area contributed by atoms with Gasteiger partial charge in [-0.3, -0.25) is 9.69 Å². The van der Waals surface area contributed by atoms with Gasteiger partial charge in [-0.05, 0) is 81.6 Å². The van der Waals surface area contributed by atoms with Crippen LogP contribution in [0.4, 0.5) is 5.69 Å². The van der Waals surface area contributed by atoms with Crippen LogP contribution in [0.2, 0.25) is 0 Å². The summed E-state index contributed by atoms with van der Waals surface area (Å²) in [5.41, 5.74) is 2.58. The van der Waals surface area contributed by atoms with Crippen molar-refractivity contribution in [2.45, 2.75) is 65.5 Å². The molecule has 6 heteroatoms. The molecule has 34 heavy (non-hydrogen) atoms. The Hall–Kier alpha value is -3.12. The molecule has 0 spiro atoms. The number of nitrogens with zero attached hydrogens (tertiary/aromatic N) is 1. The van der Waals surface area contributed by atoms with Crippen molar-refractivity contribution in [1.29, 1.82) is 0 Å².